The summed E-state index contributed by atoms with van der Waals surface area (Å²) in [6.07, 6.45) is 0.816. The van der Waals surface area contributed by atoms with Gasteiger partial charge >= 0.3 is 0 Å². The minimum atomic E-state index is 0.753. The SMILES string of the molecule is CCc1nnc2ccc(NCc3ccccc3)nn12. The summed E-state index contributed by atoms with van der Waals surface area (Å²) < 4.78 is 1.79. The summed E-state index contributed by atoms with van der Waals surface area (Å²) in [7, 11) is 0. The van der Waals surface area contributed by atoms with Gasteiger partial charge in [0, 0.05) is 13.0 Å². The third-order valence-electron chi connectivity index (χ3n) is 2.96. The molecule has 2 heterocycles. The number of hydrogen-bond acceptors (Lipinski definition) is 4. The number of nitrogens with zero attached hydrogens (tertiary/aromatic N) is 4. The minimum Gasteiger partial charge on any atom is -0.365 e. The van der Waals surface area contributed by atoms with E-state index in [2.05, 4.69) is 32.7 Å². The first-order valence-corrected chi connectivity index (χ1v) is 6.36. The predicted molar refractivity (Wildman–Crippen MR) is 73.9 cm³/mol. The van der Waals surface area contributed by atoms with Gasteiger partial charge < -0.3 is 5.32 Å². The Balaban J connectivity index is 1.81. The first-order chi connectivity index (χ1) is 9.36. The molecule has 0 saturated heterocycles. The Labute approximate surface area is 111 Å². The highest BCUT2D eigenvalue weighted by Crippen LogP contribution is 2.09. The summed E-state index contributed by atoms with van der Waals surface area (Å²) in [6, 6.07) is 14.1. The fourth-order valence-electron chi connectivity index (χ4n) is 1.94. The zero-order valence-electron chi connectivity index (χ0n) is 10.7. The molecule has 3 rings (SSSR count). The maximum absolute atomic E-state index is 4.50. The number of rotatable bonds is 4. The van der Waals surface area contributed by atoms with Crippen molar-refractivity contribution in [2.75, 3.05) is 5.32 Å². The molecule has 2 aromatic heterocycles. The van der Waals surface area contributed by atoms with Gasteiger partial charge in [0.05, 0.1) is 0 Å². The van der Waals surface area contributed by atoms with E-state index in [-0.39, 0.29) is 0 Å². The highest BCUT2D eigenvalue weighted by atomic mass is 15.4. The number of hydrogen-bond donors (Lipinski definition) is 1. The molecule has 0 fully saturated rings. The lowest BCUT2D eigenvalue weighted by Gasteiger charge is -2.06. The molecule has 5 heteroatoms. The number of fused-ring (bicyclic) bond motifs is 1. The summed E-state index contributed by atoms with van der Waals surface area (Å²) in [4.78, 5) is 0. The Hall–Kier alpha value is -2.43. The molecular weight excluding hydrogens is 238 g/mol. The number of anilines is 1. The second kappa shape index (κ2) is 5.06. The molecule has 0 amide bonds. The topological polar surface area (TPSA) is 55.1 Å². The second-order valence-electron chi connectivity index (χ2n) is 4.30. The van der Waals surface area contributed by atoms with E-state index >= 15 is 0 Å². The number of benzene rings is 1. The van der Waals surface area contributed by atoms with E-state index in [9.17, 15) is 0 Å². The summed E-state index contributed by atoms with van der Waals surface area (Å²) in [5, 5.41) is 16.0. The summed E-state index contributed by atoms with van der Waals surface area (Å²) in [6.45, 7) is 2.80. The molecule has 0 aliphatic heterocycles. The van der Waals surface area contributed by atoms with Crippen molar-refractivity contribution >= 4 is 11.5 Å². The number of aromatic nitrogens is 4. The molecule has 1 aromatic carbocycles. The van der Waals surface area contributed by atoms with Crippen LogP contribution in [0.4, 0.5) is 5.82 Å². The van der Waals surface area contributed by atoms with Crippen LogP contribution < -0.4 is 5.32 Å². The summed E-state index contributed by atoms with van der Waals surface area (Å²) in [5.74, 6) is 1.70. The van der Waals surface area contributed by atoms with Crippen LogP contribution in [-0.2, 0) is 13.0 Å². The van der Waals surface area contributed by atoms with Crippen LogP contribution >= 0.6 is 0 Å². The Morgan fingerprint density at radius 1 is 1.05 bits per heavy atom. The van der Waals surface area contributed by atoms with E-state index < -0.39 is 0 Å². The van der Waals surface area contributed by atoms with E-state index in [0.29, 0.717) is 0 Å². The fourth-order valence-corrected chi connectivity index (χ4v) is 1.94. The van der Waals surface area contributed by atoms with Crippen molar-refractivity contribution in [2.45, 2.75) is 19.9 Å². The summed E-state index contributed by atoms with van der Waals surface area (Å²) >= 11 is 0. The van der Waals surface area contributed by atoms with Crippen LogP contribution in [0, 0.1) is 0 Å². The van der Waals surface area contributed by atoms with Crippen molar-refractivity contribution in [2.24, 2.45) is 0 Å². The van der Waals surface area contributed by atoms with Crippen molar-refractivity contribution in [3.63, 3.8) is 0 Å². The predicted octanol–water partition coefficient (Wildman–Crippen LogP) is 2.30. The lowest BCUT2D eigenvalue weighted by molar-refractivity contribution is 0.822. The quantitative estimate of drug-likeness (QED) is 0.775. The molecule has 3 aromatic rings. The number of nitrogens with one attached hydrogen (secondary N) is 1. The molecule has 0 aliphatic rings. The normalized spacial score (nSPS) is 10.8. The van der Waals surface area contributed by atoms with Gasteiger partial charge in [-0.15, -0.1) is 15.3 Å². The molecule has 5 nitrogen and oxygen atoms in total. The Bertz CT molecular complexity index is 675. The first kappa shape index (κ1) is 11.6. The first-order valence-electron chi connectivity index (χ1n) is 6.36. The van der Waals surface area contributed by atoms with Crippen LogP contribution in [0.1, 0.15) is 18.3 Å². The standard InChI is InChI=1S/C14H15N5/c1-2-13-16-17-14-9-8-12(18-19(13)14)15-10-11-6-4-3-5-7-11/h3-9H,2,10H2,1H3,(H,15,18). The van der Waals surface area contributed by atoms with E-state index in [4.69, 9.17) is 0 Å². The average Bonchev–Trinajstić information content (AvgIpc) is 2.88. The zero-order valence-corrected chi connectivity index (χ0v) is 10.7. The molecule has 1 N–H and O–H groups in total. The molecular formula is C14H15N5. The molecule has 96 valence electrons. The molecule has 0 spiro atoms. The average molecular weight is 253 g/mol. The van der Waals surface area contributed by atoms with Gasteiger partial charge in [-0.1, -0.05) is 37.3 Å². The van der Waals surface area contributed by atoms with Crippen molar-refractivity contribution in [1.82, 2.24) is 19.8 Å². The van der Waals surface area contributed by atoms with Crippen LogP contribution in [0.3, 0.4) is 0 Å². The molecule has 19 heavy (non-hydrogen) atoms. The van der Waals surface area contributed by atoms with Crippen LogP contribution in [0.25, 0.3) is 5.65 Å². The lowest BCUT2D eigenvalue weighted by Crippen LogP contribution is -2.05. The van der Waals surface area contributed by atoms with E-state index in [1.165, 1.54) is 5.56 Å². The second-order valence-corrected chi connectivity index (χ2v) is 4.30. The van der Waals surface area contributed by atoms with Crippen LogP contribution in [0.5, 0.6) is 0 Å². The molecule has 0 bridgehead atoms. The van der Waals surface area contributed by atoms with Gasteiger partial charge in [-0.05, 0) is 17.7 Å². The largest absolute Gasteiger partial charge is 0.365 e. The smallest absolute Gasteiger partial charge is 0.178 e. The maximum Gasteiger partial charge on any atom is 0.178 e. The van der Waals surface area contributed by atoms with Crippen molar-refractivity contribution in [3.05, 3.63) is 53.9 Å². The maximum atomic E-state index is 4.50. The van der Waals surface area contributed by atoms with Gasteiger partial charge in [0.1, 0.15) is 5.82 Å². The molecule has 0 atom stereocenters. The van der Waals surface area contributed by atoms with Crippen LogP contribution in [0.15, 0.2) is 42.5 Å². The Morgan fingerprint density at radius 3 is 2.68 bits per heavy atom. The van der Waals surface area contributed by atoms with Crippen molar-refractivity contribution < 1.29 is 0 Å². The molecule has 0 unspecified atom stereocenters. The van der Waals surface area contributed by atoms with Crippen LogP contribution in [-0.4, -0.2) is 19.8 Å². The third kappa shape index (κ3) is 2.40. The van der Waals surface area contributed by atoms with Crippen LogP contribution in [0.2, 0.25) is 0 Å². The van der Waals surface area contributed by atoms with Gasteiger partial charge in [0.25, 0.3) is 0 Å². The number of aryl methyl sites for hydroxylation is 1. The molecule has 0 saturated carbocycles. The van der Waals surface area contributed by atoms with Gasteiger partial charge in [0.15, 0.2) is 11.5 Å². The Kier molecular flexibility index (Phi) is 3.10. The van der Waals surface area contributed by atoms with Gasteiger partial charge in [0.2, 0.25) is 0 Å². The van der Waals surface area contributed by atoms with Crippen molar-refractivity contribution in [1.29, 1.82) is 0 Å². The molecule has 0 radical (unpaired) electrons. The van der Waals surface area contributed by atoms with Gasteiger partial charge in [-0.25, -0.2) is 0 Å². The molecule has 0 aliphatic carbocycles. The fraction of sp³-hybridized carbons (Fsp3) is 0.214. The third-order valence-corrected chi connectivity index (χ3v) is 2.96. The highest BCUT2D eigenvalue weighted by molar-refractivity contribution is 5.44. The van der Waals surface area contributed by atoms with Gasteiger partial charge in [-0.3, -0.25) is 0 Å². The zero-order chi connectivity index (χ0) is 13.1. The Morgan fingerprint density at radius 2 is 1.89 bits per heavy atom. The minimum absolute atomic E-state index is 0.753. The lowest BCUT2D eigenvalue weighted by atomic mass is 10.2. The van der Waals surface area contributed by atoms with Gasteiger partial charge in [-0.2, -0.15) is 4.52 Å². The van der Waals surface area contributed by atoms with Crippen molar-refractivity contribution in [3.8, 4) is 0 Å². The monoisotopic (exact) mass is 253 g/mol. The highest BCUT2D eigenvalue weighted by Gasteiger charge is 2.05. The summed E-state index contributed by atoms with van der Waals surface area (Å²) in [5.41, 5.74) is 2.01. The van der Waals surface area contributed by atoms with E-state index in [0.717, 1.165) is 30.3 Å². The van der Waals surface area contributed by atoms with E-state index in [1.807, 2.05) is 37.3 Å². The van der Waals surface area contributed by atoms with E-state index in [1.54, 1.807) is 4.52 Å².